The number of methoxy groups -OCH3 is 1. The molecule has 0 unspecified atom stereocenters. The van der Waals surface area contributed by atoms with Crippen LogP contribution in [0, 0.1) is 11.8 Å². The Labute approximate surface area is 173 Å². The summed E-state index contributed by atoms with van der Waals surface area (Å²) in [5.74, 6) is -0.157. The summed E-state index contributed by atoms with van der Waals surface area (Å²) in [4.78, 5) is 42.9. The van der Waals surface area contributed by atoms with E-state index in [0.717, 1.165) is 6.42 Å². The molecule has 10 heteroatoms. The second-order valence-corrected chi connectivity index (χ2v) is 7.35. The molecule has 160 valence electrons. The summed E-state index contributed by atoms with van der Waals surface area (Å²) in [7, 11) is 1.28. The Morgan fingerprint density at radius 1 is 1.20 bits per heavy atom. The number of aliphatic hydroxyl groups excluding tert-OH is 1. The highest BCUT2D eigenvalue weighted by Crippen LogP contribution is 2.41. The van der Waals surface area contributed by atoms with Crippen LogP contribution in [-0.2, 0) is 9.53 Å². The highest BCUT2D eigenvalue weighted by molar-refractivity contribution is 5.94. The van der Waals surface area contributed by atoms with E-state index in [1.165, 1.54) is 13.2 Å². The summed E-state index contributed by atoms with van der Waals surface area (Å²) >= 11 is 0. The second-order valence-electron chi connectivity index (χ2n) is 7.35. The van der Waals surface area contributed by atoms with Crippen molar-refractivity contribution in [2.24, 2.45) is 11.8 Å². The molecule has 3 heterocycles. The molecule has 0 spiro atoms. The number of carbonyl (C=O) groups excluding carboxylic acids is 2. The maximum Gasteiger partial charge on any atom is 0.356 e. The molecule has 1 amide bonds. The first-order valence-corrected chi connectivity index (χ1v) is 9.56. The molecule has 0 bridgehead atoms. The van der Waals surface area contributed by atoms with Crippen LogP contribution in [-0.4, -0.2) is 74.3 Å². The molecule has 2 N–H and O–H groups in total. The fourth-order valence-corrected chi connectivity index (χ4v) is 4.29. The molecule has 2 aromatic heterocycles. The van der Waals surface area contributed by atoms with Crippen LogP contribution in [0.4, 0.5) is 0 Å². The lowest BCUT2D eigenvalue weighted by Gasteiger charge is -2.35. The smallest absolute Gasteiger partial charge is 0.356 e. The molecular weight excluding hydrogens is 392 g/mol. The zero-order valence-electron chi connectivity index (χ0n) is 16.5. The third kappa shape index (κ3) is 4.48. The number of fused-ring (bicyclic) bond motifs is 1. The number of ether oxygens (including phenoxy) is 1. The number of carbonyl (C=O) groups is 3. The van der Waals surface area contributed by atoms with E-state index in [4.69, 9.17) is 9.90 Å². The minimum atomic E-state index is -0.564. The fraction of sp³-hybridized carbons (Fsp3) is 0.450. The van der Waals surface area contributed by atoms with Gasteiger partial charge in [0.05, 0.1) is 25.6 Å². The van der Waals surface area contributed by atoms with Crippen LogP contribution in [0.25, 0.3) is 0 Å². The minimum Gasteiger partial charge on any atom is -0.483 e. The van der Waals surface area contributed by atoms with Crippen molar-refractivity contribution in [2.45, 2.75) is 25.0 Å². The van der Waals surface area contributed by atoms with Gasteiger partial charge < -0.3 is 24.4 Å². The molecule has 2 aliphatic rings. The lowest BCUT2D eigenvalue weighted by molar-refractivity contribution is -0.122. The largest absolute Gasteiger partial charge is 0.483 e. The number of hydrogen-bond donors (Lipinski definition) is 2. The van der Waals surface area contributed by atoms with Crippen LogP contribution in [0.15, 0.2) is 36.9 Å². The van der Waals surface area contributed by atoms with Crippen molar-refractivity contribution in [1.29, 1.82) is 0 Å². The van der Waals surface area contributed by atoms with Crippen LogP contribution in [0.3, 0.4) is 0 Å². The maximum atomic E-state index is 12.9. The Kier molecular flexibility index (Phi) is 6.78. The van der Waals surface area contributed by atoms with Crippen LogP contribution in [0.1, 0.15) is 39.9 Å². The summed E-state index contributed by atoms with van der Waals surface area (Å²) in [6.45, 7) is 0.979. The Balaban J connectivity index is 0.000000806. The van der Waals surface area contributed by atoms with Gasteiger partial charge in [-0.25, -0.2) is 14.8 Å². The van der Waals surface area contributed by atoms with Gasteiger partial charge in [0.15, 0.2) is 0 Å². The quantitative estimate of drug-likeness (QED) is 0.555. The number of imidazole rings is 1. The van der Waals surface area contributed by atoms with Gasteiger partial charge in [0.25, 0.3) is 12.4 Å². The number of hydrogen-bond acceptors (Lipinski definition) is 7. The minimum absolute atomic E-state index is 0.00965. The third-order valence-electron chi connectivity index (χ3n) is 5.67. The predicted octanol–water partition coefficient (Wildman–Crippen LogP) is 0.850. The summed E-state index contributed by atoms with van der Waals surface area (Å²) in [6.07, 6.45) is 6.33. The van der Waals surface area contributed by atoms with Crippen molar-refractivity contribution in [2.75, 3.05) is 20.2 Å². The number of nitrogens with zero attached hydrogens (tertiary/aromatic N) is 4. The molecule has 30 heavy (non-hydrogen) atoms. The number of esters is 1. The summed E-state index contributed by atoms with van der Waals surface area (Å²) in [5.41, 5.74) is 0.360. The summed E-state index contributed by atoms with van der Waals surface area (Å²) in [5, 5.41) is 17.4. The van der Waals surface area contributed by atoms with Crippen molar-refractivity contribution in [3.8, 4) is 0 Å². The van der Waals surface area contributed by atoms with Crippen LogP contribution < -0.4 is 0 Å². The van der Waals surface area contributed by atoms with Crippen LogP contribution >= 0.6 is 0 Å². The molecule has 1 aliphatic carbocycles. The van der Waals surface area contributed by atoms with Crippen molar-refractivity contribution in [3.05, 3.63) is 48.3 Å². The molecule has 4 atom stereocenters. The Hall–Kier alpha value is -3.27. The zero-order valence-corrected chi connectivity index (χ0v) is 16.5. The second kappa shape index (κ2) is 9.49. The molecule has 1 saturated carbocycles. The van der Waals surface area contributed by atoms with E-state index >= 15 is 0 Å². The Morgan fingerprint density at radius 2 is 1.87 bits per heavy atom. The molecule has 1 saturated heterocycles. The number of pyridine rings is 1. The van der Waals surface area contributed by atoms with E-state index in [1.807, 2.05) is 10.8 Å². The topological polar surface area (TPSA) is 135 Å². The van der Waals surface area contributed by atoms with E-state index in [2.05, 4.69) is 14.7 Å². The molecule has 2 fully saturated rings. The van der Waals surface area contributed by atoms with Gasteiger partial charge in [-0.15, -0.1) is 0 Å². The van der Waals surface area contributed by atoms with Crippen LogP contribution in [0.5, 0.6) is 0 Å². The van der Waals surface area contributed by atoms with Crippen LogP contribution in [0.2, 0.25) is 0 Å². The third-order valence-corrected chi connectivity index (χ3v) is 5.67. The van der Waals surface area contributed by atoms with E-state index in [-0.39, 0.29) is 35.7 Å². The van der Waals surface area contributed by atoms with Gasteiger partial charge in [-0.3, -0.25) is 9.59 Å². The Bertz CT molecular complexity index is 887. The van der Waals surface area contributed by atoms with Gasteiger partial charge in [0.2, 0.25) is 0 Å². The SMILES string of the molecule is COC(=O)c1cccc(C(=O)N2C[C@H]3C[C@@H](n4ccnc4)[C@H](O)C[C@H]3C2)n1.O=CO. The molecule has 0 radical (unpaired) electrons. The molecular formula is C20H24N4O6. The molecule has 2 aromatic rings. The van der Waals surface area contributed by atoms with Gasteiger partial charge in [0.1, 0.15) is 11.4 Å². The Morgan fingerprint density at radius 3 is 2.50 bits per heavy atom. The highest BCUT2D eigenvalue weighted by Gasteiger charge is 2.43. The zero-order chi connectivity index (χ0) is 21.7. The first-order chi connectivity index (χ1) is 14.5. The first kappa shape index (κ1) is 21.4. The van der Waals surface area contributed by atoms with Crippen molar-refractivity contribution in [1.82, 2.24) is 19.4 Å². The molecule has 10 nitrogen and oxygen atoms in total. The standard InChI is InChI=1S/C19H22N4O4.CH2O2/c1-27-19(26)15-4-2-3-14(21-15)18(25)23-9-12-7-16(22-6-5-20-11-22)17(24)8-13(12)10-23;2-1-3/h2-6,11-13,16-17,24H,7-10H2,1H3;1H,(H,2,3)/t12-,13+,16-,17-;/m1./s1. The molecule has 4 rings (SSSR count). The number of aromatic nitrogens is 3. The van der Waals surface area contributed by atoms with Gasteiger partial charge in [-0.05, 0) is 36.8 Å². The number of carboxylic acid groups (broad SMARTS) is 1. The lowest BCUT2D eigenvalue weighted by atomic mass is 9.77. The monoisotopic (exact) mass is 416 g/mol. The van der Waals surface area contributed by atoms with Gasteiger partial charge in [-0.1, -0.05) is 6.07 Å². The highest BCUT2D eigenvalue weighted by atomic mass is 16.5. The van der Waals surface area contributed by atoms with Crippen molar-refractivity contribution in [3.63, 3.8) is 0 Å². The molecule has 1 aliphatic heterocycles. The van der Waals surface area contributed by atoms with Crippen molar-refractivity contribution >= 4 is 18.3 Å². The summed E-state index contributed by atoms with van der Waals surface area (Å²) in [6, 6.07) is 4.76. The van der Waals surface area contributed by atoms with E-state index in [0.29, 0.717) is 25.4 Å². The normalized spacial score (nSPS) is 24.9. The van der Waals surface area contributed by atoms with Gasteiger partial charge in [-0.2, -0.15) is 0 Å². The van der Waals surface area contributed by atoms with E-state index < -0.39 is 12.1 Å². The number of aliphatic hydroxyl groups is 1. The molecule has 0 aromatic carbocycles. The average Bonchev–Trinajstić information content (AvgIpc) is 3.42. The average molecular weight is 416 g/mol. The van der Waals surface area contributed by atoms with E-state index in [9.17, 15) is 14.7 Å². The predicted molar refractivity (Wildman–Crippen MR) is 104 cm³/mol. The number of likely N-dealkylation sites (tertiary alicyclic amines) is 1. The first-order valence-electron chi connectivity index (χ1n) is 9.56. The maximum absolute atomic E-state index is 12.9. The fourth-order valence-electron chi connectivity index (χ4n) is 4.29. The van der Waals surface area contributed by atoms with Gasteiger partial charge in [0, 0.05) is 25.5 Å². The van der Waals surface area contributed by atoms with E-state index in [1.54, 1.807) is 29.6 Å². The van der Waals surface area contributed by atoms with Crippen molar-refractivity contribution < 1.29 is 29.3 Å². The van der Waals surface area contributed by atoms with Gasteiger partial charge >= 0.3 is 5.97 Å². The number of amides is 1. The lowest BCUT2D eigenvalue weighted by Crippen LogP contribution is -2.35. The summed E-state index contributed by atoms with van der Waals surface area (Å²) < 4.78 is 6.62. The number of rotatable bonds is 3.